The first-order valence-electron chi connectivity index (χ1n) is 10.9. The van der Waals surface area contributed by atoms with Gasteiger partial charge < -0.3 is 10.2 Å². The molecule has 0 radical (unpaired) electrons. The zero-order valence-corrected chi connectivity index (χ0v) is 17.8. The van der Waals surface area contributed by atoms with Crippen LogP contribution in [0.1, 0.15) is 89.8 Å². The lowest BCUT2D eigenvalue weighted by Crippen LogP contribution is -2.46. The maximum atomic E-state index is 12.2. The Morgan fingerprint density at radius 2 is 1.89 bits per heavy atom. The summed E-state index contributed by atoms with van der Waals surface area (Å²) in [4.78, 5) is 14.8. The van der Waals surface area contributed by atoms with E-state index >= 15 is 0 Å². The highest BCUT2D eigenvalue weighted by Crippen LogP contribution is 2.48. The topological polar surface area (TPSA) is 32.3 Å². The van der Waals surface area contributed by atoms with Crippen molar-refractivity contribution in [3.8, 4) is 0 Å². The van der Waals surface area contributed by atoms with Crippen molar-refractivity contribution in [2.24, 2.45) is 5.41 Å². The molecule has 3 rings (SSSR count). The van der Waals surface area contributed by atoms with Crippen molar-refractivity contribution >= 4 is 5.91 Å². The molecule has 3 nitrogen and oxygen atoms in total. The van der Waals surface area contributed by atoms with Crippen LogP contribution in [0.2, 0.25) is 0 Å². The normalized spacial score (nSPS) is 22.4. The van der Waals surface area contributed by atoms with Gasteiger partial charge in [-0.1, -0.05) is 52.0 Å². The van der Waals surface area contributed by atoms with E-state index in [1.54, 1.807) is 0 Å². The third-order valence-corrected chi connectivity index (χ3v) is 6.62. The van der Waals surface area contributed by atoms with Gasteiger partial charge in [-0.25, -0.2) is 0 Å². The number of hydrogen-bond donors (Lipinski definition) is 1. The van der Waals surface area contributed by atoms with Crippen LogP contribution in [0.3, 0.4) is 0 Å². The number of benzene rings is 1. The van der Waals surface area contributed by atoms with Crippen molar-refractivity contribution in [1.29, 1.82) is 0 Å². The minimum atomic E-state index is 0.199. The molecule has 1 aliphatic carbocycles. The number of nitrogens with one attached hydrogen (secondary N) is 1. The molecule has 150 valence electrons. The molecule has 27 heavy (non-hydrogen) atoms. The van der Waals surface area contributed by atoms with Gasteiger partial charge in [-0.2, -0.15) is 0 Å². The van der Waals surface area contributed by atoms with Crippen LogP contribution in [0, 0.1) is 5.41 Å². The smallest absolute Gasteiger partial charge is 0.220 e. The molecule has 1 aromatic rings. The van der Waals surface area contributed by atoms with Crippen LogP contribution in [0.25, 0.3) is 0 Å². The summed E-state index contributed by atoms with van der Waals surface area (Å²) in [5.74, 6) is 0.199. The van der Waals surface area contributed by atoms with Crippen molar-refractivity contribution in [3.63, 3.8) is 0 Å². The zero-order chi connectivity index (χ0) is 19.5. The average Bonchev–Trinajstić information content (AvgIpc) is 2.64. The van der Waals surface area contributed by atoms with Crippen LogP contribution in [0.4, 0.5) is 0 Å². The largest absolute Gasteiger partial charge is 0.349 e. The molecule has 0 unspecified atom stereocenters. The predicted molar refractivity (Wildman–Crippen MR) is 113 cm³/mol. The van der Waals surface area contributed by atoms with E-state index in [1.165, 1.54) is 56.4 Å². The fourth-order valence-corrected chi connectivity index (χ4v) is 4.86. The molecule has 0 aromatic heterocycles. The van der Waals surface area contributed by atoms with Crippen LogP contribution in [0.15, 0.2) is 24.3 Å². The Morgan fingerprint density at radius 3 is 2.56 bits per heavy atom. The van der Waals surface area contributed by atoms with E-state index < -0.39 is 0 Å². The summed E-state index contributed by atoms with van der Waals surface area (Å²) in [7, 11) is 0. The zero-order valence-electron chi connectivity index (χ0n) is 17.8. The molecule has 1 N–H and O–H groups in total. The van der Waals surface area contributed by atoms with E-state index in [4.69, 9.17) is 0 Å². The summed E-state index contributed by atoms with van der Waals surface area (Å²) in [6.45, 7) is 12.7. The molecule has 3 heteroatoms. The van der Waals surface area contributed by atoms with E-state index in [9.17, 15) is 4.79 Å². The lowest BCUT2D eigenvalue weighted by molar-refractivity contribution is -0.122. The minimum absolute atomic E-state index is 0.199. The van der Waals surface area contributed by atoms with Gasteiger partial charge in [0.05, 0.1) is 6.04 Å². The molecule has 0 saturated carbocycles. The summed E-state index contributed by atoms with van der Waals surface area (Å²) in [6, 6.07) is 9.10. The van der Waals surface area contributed by atoms with Gasteiger partial charge in [-0.3, -0.25) is 4.79 Å². The van der Waals surface area contributed by atoms with Gasteiger partial charge in [-0.15, -0.1) is 0 Å². The van der Waals surface area contributed by atoms with Gasteiger partial charge in [0.25, 0.3) is 0 Å². The fourth-order valence-electron chi connectivity index (χ4n) is 4.86. The van der Waals surface area contributed by atoms with Gasteiger partial charge in [0, 0.05) is 6.42 Å². The average molecular weight is 371 g/mol. The van der Waals surface area contributed by atoms with E-state index in [1.807, 2.05) is 0 Å². The Labute approximate surface area is 165 Å². The SMILES string of the molecule is CCCC(=O)N[C@@H]1CCC2(CCN(CCC(C)(C)C)CC2)c2ccccc21. The Balaban J connectivity index is 1.69. The van der Waals surface area contributed by atoms with Gasteiger partial charge >= 0.3 is 0 Å². The van der Waals surface area contributed by atoms with Crippen molar-refractivity contribution in [2.45, 2.75) is 84.1 Å². The van der Waals surface area contributed by atoms with Crippen LogP contribution < -0.4 is 5.32 Å². The fraction of sp³-hybridized carbons (Fsp3) is 0.708. The van der Waals surface area contributed by atoms with Gasteiger partial charge in [0.15, 0.2) is 0 Å². The predicted octanol–water partition coefficient (Wildman–Crippen LogP) is 5.21. The molecule has 2 aliphatic rings. The second kappa shape index (κ2) is 8.34. The molecule has 1 atom stereocenters. The number of rotatable bonds is 5. The second-order valence-corrected chi connectivity index (χ2v) is 9.93. The number of amides is 1. The summed E-state index contributed by atoms with van der Waals surface area (Å²) in [6.07, 6.45) is 7.60. The second-order valence-electron chi connectivity index (χ2n) is 9.93. The molecule has 0 bridgehead atoms. The third kappa shape index (κ3) is 4.93. The minimum Gasteiger partial charge on any atom is -0.349 e. The number of carbonyl (C=O) groups excluding carboxylic acids is 1. The molecule has 1 aliphatic heterocycles. The number of piperidine rings is 1. The Kier molecular flexibility index (Phi) is 6.30. The molecular formula is C24H38N2O. The highest BCUT2D eigenvalue weighted by molar-refractivity contribution is 5.76. The van der Waals surface area contributed by atoms with Crippen molar-refractivity contribution in [1.82, 2.24) is 10.2 Å². The first-order valence-corrected chi connectivity index (χ1v) is 10.9. The number of hydrogen-bond acceptors (Lipinski definition) is 2. The summed E-state index contributed by atoms with van der Waals surface area (Å²) >= 11 is 0. The standard InChI is InChI=1S/C24H38N2O/c1-5-8-22(27)25-21-11-12-24(20-10-7-6-9-19(20)21)14-17-26(18-15-24)16-13-23(2,3)4/h6-7,9-10,21H,5,8,11-18H2,1-4H3,(H,25,27)/t21-/m1/s1. The molecule has 1 fully saturated rings. The van der Waals surface area contributed by atoms with Crippen molar-refractivity contribution in [2.75, 3.05) is 19.6 Å². The van der Waals surface area contributed by atoms with Crippen LogP contribution >= 0.6 is 0 Å². The van der Waals surface area contributed by atoms with Crippen LogP contribution in [-0.4, -0.2) is 30.4 Å². The van der Waals surface area contributed by atoms with Crippen molar-refractivity contribution < 1.29 is 4.79 Å². The third-order valence-electron chi connectivity index (χ3n) is 6.62. The Hall–Kier alpha value is -1.35. The maximum absolute atomic E-state index is 12.2. The molecule has 1 heterocycles. The van der Waals surface area contributed by atoms with E-state index in [0.29, 0.717) is 17.3 Å². The number of carbonyl (C=O) groups is 1. The first kappa shape index (κ1) is 20.4. The van der Waals surface area contributed by atoms with E-state index in [2.05, 4.69) is 62.2 Å². The lowest BCUT2D eigenvalue weighted by atomic mass is 9.63. The summed E-state index contributed by atoms with van der Waals surface area (Å²) in [5.41, 5.74) is 3.61. The molecular weight excluding hydrogens is 332 g/mol. The van der Waals surface area contributed by atoms with Crippen molar-refractivity contribution in [3.05, 3.63) is 35.4 Å². The summed E-state index contributed by atoms with van der Waals surface area (Å²) < 4.78 is 0. The molecule has 1 spiro atoms. The lowest BCUT2D eigenvalue weighted by Gasteiger charge is -2.47. The number of fused-ring (bicyclic) bond motifs is 2. The quantitative estimate of drug-likeness (QED) is 0.772. The van der Waals surface area contributed by atoms with E-state index in [0.717, 1.165) is 12.8 Å². The van der Waals surface area contributed by atoms with Gasteiger partial charge in [0.2, 0.25) is 5.91 Å². The van der Waals surface area contributed by atoms with Crippen LogP contribution in [0.5, 0.6) is 0 Å². The Morgan fingerprint density at radius 1 is 1.19 bits per heavy atom. The highest BCUT2D eigenvalue weighted by atomic mass is 16.1. The molecule has 1 saturated heterocycles. The Bertz CT molecular complexity index is 638. The monoisotopic (exact) mass is 370 g/mol. The molecule has 1 aromatic carbocycles. The molecule has 1 amide bonds. The summed E-state index contributed by atoms with van der Waals surface area (Å²) in [5, 5.41) is 3.29. The van der Waals surface area contributed by atoms with Gasteiger partial charge in [-0.05, 0) is 80.1 Å². The maximum Gasteiger partial charge on any atom is 0.220 e. The van der Waals surface area contributed by atoms with Gasteiger partial charge in [0.1, 0.15) is 0 Å². The van der Waals surface area contributed by atoms with Crippen LogP contribution in [-0.2, 0) is 10.2 Å². The highest BCUT2D eigenvalue weighted by Gasteiger charge is 2.42. The van der Waals surface area contributed by atoms with E-state index in [-0.39, 0.29) is 11.9 Å². The number of nitrogens with zero attached hydrogens (tertiary/aromatic N) is 1. The first-order chi connectivity index (χ1) is 12.8. The number of likely N-dealkylation sites (tertiary alicyclic amines) is 1.